The van der Waals surface area contributed by atoms with Crippen molar-refractivity contribution in [3.05, 3.63) is 46.7 Å². The second kappa shape index (κ2) is 5.81. The number of benzene rings is 1. The van der Waals surface area contributed by atoms with Crippen LogP contribution in [0.25, 0.3) is 10.8 Å². The van der Waals surface area contributed by atoms with Crippen LogP contribution in [-0.2, 0) is 0 Å². The van der Waals surface area contributed by atoms with Gasteiger partial charge in [0.15, 0.2) is 0 Å². The summed E-state index contributed by atoms with van der Waals surface area (Å²) in [5.41, 5.74) is 1.28. The minimum atomic E-state index is -0.201. The van der Waals surface area contributed by atoms with E-state index in [-0.39, 0.29) is 5.91 Å². The highest BCUT2D eigenvalue weighted by Crippen LogP contribution is 2.25. The molecule has 0 spiro atoms. The summed E-state index contributed by atoms with van der Waals surface area (Å²) in [6, 6.07) is 7.72. The molecule has 0 atom stereocenters. The van der Waals surface area contributed by atoms with E-state index in [4.69, 9.17) is 0 Å². The van der Waals surface area contributed by atoms with E-state index in [2.05, 4.69) is 20.5 Å². The first kappa shape index (κ1) is 14.6. The van der Waals surface area contributed by atoms with Gasteiger partial charge < -0.3 is 0 Å². The first-order valence-electron chi connectivity index (χ1n) is 7.05. The Hall–Kier alpha value is -2.34. The molecule has 0 fully saturated rings. The van der Waals surface area contributed by atoms with Gasteiger partial charge in [0.2, 0.25) is 5.13 Å². The number of carbonyl (C=O) groups excluding carboxylic acids is 1. The van der Waals surface area contributed by atoms with Crippen LogP contribution in [0, 0.1) is 6.92 Å². The second-order valence-corrected chi connectivity index (χ2v) is 6.37. The van der Waals surface area contributed by atoms with Crippen molar-refractivity contribution in [1.82, 2.24) is 15.2 Å². The average molecular weight is 312 g/mol. The number of nitrogens with one attached hydrogen (secondary N) is 1. The van der Waals surface area contributed by atoms with Crippen LogP contribution >= 0.6 is 11.3 Å². The van der Waals surface area contributed by atoms with Crippen LogP contribution in [0.15, 0.2) is 30.5 Å². The molecule has 0 radical (unpaired) electrons. The highest BCUT2D eigenvalue weighted by Gasteiger charge is 2.17. The van der Waals surface area contributed by atoms with E-state index in [1.807, 2.05) is 45.0 Å². The van der Waals surface area contributed by atoms with Crippen molar-refractivity contribution >= 4 is 33.1 Å². The van der Waals surface area contributed by atoms with E-state index in [0.717, 1.165) is 15.8 Å². The number of hydrogen-bond acceptors (Lipinski definition) is 5. The predicted molar refractivity (Wildman–Crippen MR) is 88.4 cm³/mol. The minimum absolute atomic E-state index is 0.201. The van der Waals surface area contributed by atoms with E-state index in [9.17, 15) is 4.79 Å². The Kier molecular flexibility index (Phi) is 3.85. The van der Waals surface area contributed by atoms with Crippen molar-refractivity contribution in [1.29, 1.82) is 0 Å². The number of rotatable bonds is 3. The summed E-state index contributed by atoms with van der Waals surface area (Å²) in [5, 5.41) is 14.2. The lowest BCUT2D eigenvalue weighted by molar-refractivity contribution is 0.102. The number of carbonyl (C=O) groups is 1. The molecule has 2 heterocycles. The summed E-state index contributed by atoms with van der Waals surface area (Å²) in [7, 11) is 0. The van der Waals surface area contributed by atoms with Crippen LogP contribution in [0.2, 0.25) is 0 Å². The molecular formula is C16H16N4OS. The Labute approximate surface area is 132 Å². The molecule has 0 aliphatic rings. The molecule has 1 amide bonds. The molecule has 6 heteroatoms. The Morgan fingerprint density at radius 1 is 1.23 bits per heavy atom. The molecule has 0 saturated heterocycles. The van der Waals surface area contributed by atoms with Crippen LogP contribution in [0.5, 0.6) is 0 Å². The van der Waals surface area contributed by atoms with Crippen molar-refractivity contribution in [2.45, 2.75) is 26.7 Å². The maximum atomic E-state index is 12.6. The fourth-order valence-electron chi connectivity index (χ4n) is 2.23. The third-order valence-electron chi connectivity index (χ3n) is 3.37. The Balaban J connectivity index is 1.96. The summed E-state index contributed by atoms with van der Waals surface area (Å²) in [5.74, 6) is 0.0948. The van der Waals surface area contributed by atoms with E-state index in [1.54, 1.807) is 6.20 Å². The third-order valence-corrected chi connectivity index (χ3v) is 4.51. The van der Waals surface area contributed by atoms with Crippen molar-refractivity contribution < 1.29 is 4.79 Å². The molecule has 22 heavy (non-hydrogen) atoms. The molecule has 0 bridgehead atoms. The number of hydrogen-bond donors (Lipinski definition) is 1. The molecule has 112 valence electrons. The Morgan fingerprint density at radius 2 is 2.00 bits per heavy atom. The van der Waals surface area contributed by atoms with Gasteiger partial charge >= 0.3 is 0 Å². The summed E-state index contributed by atoms with van der Waals surface area (Å²) < 4.78 is 0. The van der Waals surface area contributed by atoms with E-state index in [0.29, 0.717) is 22.3 Å². The van der Waals surface area contributed by atoms with Crippen molar-refractivity contribution in [3.63, 3.8) is 0 Å². The number of pyridine rings is 1. The smallest absolute Gasteiger partial charge is 0.259 e. The number of fused-ring (bicyclic) bond motifs is 1. The SMILES string of the molecule is Cc1ncc2ccccc2c1C(=O)Nc1nnc(C(C)C)s1. The number of anilines is 1. The molecule has 3 rings (SSSR count). The predicted octanol–water partition coefficient (Wildman–Crippen LogP) is 3.77. The molecule has 0 unspecified atom stereocenters. The van der Waals surface area contributed by atoms with Crippen LogP contribution in [-0.4, -0.2) is 21.1 Å². The summed E-state index contributed by atoms with van der Waals surface area (Å²) in [6.07, 6.45) is 1.78. The largest absolute Gasteiger partial charge is 0.296 e. The molecular weight excluding hydrogens is 296 g/mol. The number of aromatic nitrogens is 3. The average Bonchev–Trinajstić information content (AvgIpc) is 2.95. The van der Waals surface area contributed by atoms with Crippen LogP contribution in [0.1, 0.15) is 40.8 Å². The van der Waals surface area contributed by atoms with Gasteiger partial charge in [-0.3, -0.25) is 15.1 Å². The molecule has 0 aliphatic heterocycles. The zero-order chi connectivity index (χ0) is 15.7. The van der Waals surface area contributed by atoms with Crippen molar-refractivity contribution in [3.8, 4) is 0 Å². The standard InChI is InChI=1S/C16H16N4OS/c1-9(2)15-19-20-16(22-15)18-14(21)13-10(3)17-8-11-6-4-5-7-12(11)13/h4-9H,1-3H3,(H,18,20,21). The van der Waals surface area contributed by atoms with Gasteiger partial charge in [0.05, 0.1) is 11.3 Å². The van der Waals surface area contributed by atoms with Gasteiger partial charge in [-0.2, -0.15) is 0 Å². The maximum absolute atomic E-state index is 12.6. The fourth-order valence-corrected chi connectivity index (χ4v) is 2.97. The molecule has 2 aromatic heterocycles. The maximum Gasteiger partial charge on any atom is 0.259 e. The lowest BCUT2D eigenvalue weighted by Crippen LogP contribution is -2.14. The normalized spacial score (nSPS) is 11.1. The zero-order valence-corrected chi connectivity index (χ0v) is 13.4. The lowest BCUT2D eigenvalue weighted by atomic mass is 10.0. The highest BCUT2D eigenvalue weighted by molar-refractivity contribution is 7.15. The third kappa shape index (κ3) is 2.69. The van der Waals surface area contributed by atoms with E-state index in [1.165, 1.54) is 11.3 Å². The van der Waals surface area contributed by atoms with Gasteiger partial charge in [0, 0.05) is 17.5 Å². The second-order valence-electron chi connectivity index (χ2n) is 5.36. The summed E-state index contributed by atoms with van der Waals surface area (Å²) in [4.78, 5) is 16.9. The zero-order valence-electron chi connectivity index (χ0n) is 12.6. The minimum Gasteiger partial charge on any atom is -0.296 e. The van der Waals surface area contributed by atoms with Gasteiger partial charge in [-0.05, 0) is 12.3 Å². The van der Waals surface area contributed by atoms with Crippen molar-refractivity contribution in [2.24, 2.45) is 0 Å². The van der Waals surface area contributed by atoms with Gasteiger partial charge in [-0.15, -0.1) is 10.2 Å². The molecule has 0 saturated carbocycles. The van der Waals surface area contributed by atoms with E-state index >= 15 is 0 Å². The van der Waals surface area contributed by atoms with Gasteiger partial charge in [-0.25, -0.2) is 0 Å². The summed E-state index contributed by atoms with van der Waals surface area (Å²) >= 11 is 1.40. The van der Waals surface area contributed by atoms with Crippen LogP contribution in [0.3, 0.4) is 0 Å². The quantitative estimate of drug-likeness (QED) is 0.799. The summed E-state index contributed by atoms with van der Waals surface area (Å²) in [6.45, 7) is 5.93. The lowest BCUT2D eigenvalue weighted by Gasteiger charge is -2.08. The van der Waals surface area contributed by atoms with Crippen LogP contribution < -0.4 is 5.32 Å². The Morgan fingerprint density at radius 3 is 2.73 bits per heavy atom. The highest BCUT2D eigenvalue weighted by atomic mass is 32.1. The number of amides is 1. The van der Waals surface area contributed by atoms with Crippen molar-refractivity contribution in [2.75, 3.05) is 5.32 Å². The fraction of sp³-hybridized carbons (Fsp3) is 0.250. The topological polar surface area (TPSA) is 67.8 Å². The molecule has 1 N–H and O–H groups in total. The first-order valence-corrected chi connectivity index (χ1v) is 7.87. The molecule has 3 aromatic rings. The van der Waals surface area contributed by atoms with E-state index < -0.39 is 0 Å². The molecule has 1 aromatic carbocycles. The molecule has 0 aliphatic carbocycles. The van der Waals surface area contributed by atoms with Crippen LogP contribution in [0.4, 0.5) is 5.13 Å². The number of nitrogens with zero attached hydrogens (tertiary/aromatic N) is 3. The van der Waals surface area contributed by atoms with Gasteiger partial charge in [0.25, 0.3) is 5.91 Å². The van der Waals surface area contributed by atoms with Gasteiger partial charge in [0.1, 0.15) is 5.01 Å². The monoisotopic (exact) mass is 312 g/mol. The molecule has 5 nitrogen and oxygen atoms in total. The van der Waals surface area contributed by atoms with Gasteiger partial charge in [-0.1, -0.05) is 49.4 Å². The first-order chi connectivity index (χ1) is 10.6. The number of aryl methyl sites for hydroxylation is 1. The Bertz CT molecular complexity index is 841.